The number of aryl methyl sites for hydroxylation is 1. The van der Waals surface area contributed by atoms with Crippen molar-refractivity contribution in [3.05, 3.63) is 95.8 Å². The van der Waals surface area contributed by atoms with E-state index >= 15 is 0 Å². The molecular formula is C30H31FN4O6. The van der Waals surface area contributed by atoms with E-state index in [-0.39, 0.29) is 25.4 Å². The number of methoxy groups -OCH3 is 1. The Hall–Kier alpha value is -4.93. The predicted octanol–water partition coefficient (Wildman–Crippen LogP) is 3.80. The lowest BCUT2D eigenvalue weighted by molar-refractivity contribution is -0.142. The third-order valence-electron chi connectivity index (χ3n) is 6.77. The summed E-state index contributed by atoms with van der Waals surface area (Å²) in [5, 5.41) is 14.9. The highest BCUT2D eigenvalue weighted by molar-refractivity contribution is 5.96. The van der Waals surface area contributed by atoms with Crippen LogP contribution in [0.5, 0.6) is 5.75 Å². The van der Waals surface area contributed by atoms with Crippen LogP contribution in [0.4, 0.5) is 14.9 Å². The second-order valence-corrected chi connectivity index (χ2v) is 9.51. The Bertz CT molecular complexity index is 1370. The maximum absolute atomic E-state index is 13.7. The van der Waals surface area contributed by atoms with Gasteiger partial charge in [-0.2, -0.15) is 0 Å². The first-order valence-corrected chi connectivity index (χ1v) is 13.1. The number of hydrogen-bond donors (Lipinski definition) is 3. The van der Waals surface area contributed by atoms with Crippen molar-refractivity contribution in [1.82, 2.24) is 15.1 Å². The number of halogens is 1. The predicted molar refractivity (Wildman–Crippen MR) is 149 cm³/mol. The van der Waals surface area contributed by atoms with Gasteiger partial charge in [-0.25, -0.2) is 9.18 Å². The number of urea groups is 1. The summed E-state index contributed by atoms with van der Waals surface area (Å²) in [6.07, 6.45) is -1.25. The number of ether oxygens (including phenoxy) is 1. The van der Waals surface area contributed by atoms with E-state index in [9.17, 15) is 28.7 Å². The van der Waals surface area contributed by atoms with Gasteiger partial charge in [0, 0.05) is 25.2 Å². The fourth-order valence-electron chi connectivity index (χ4n) is 4.66. The molecule has 0 aromatic heterocycles. The molecule has 1 aliphatic rings. The van der Waals surface area contributed by atoms with Gasteiger partial charge in [-0.3, -0.25) is 19.3 Å². The van der Waals surface area contributed by atoms with Gasteiger partial charge in [-0.1, -0.05) is 42.5 Å². The molecule has 0 spiro atoms. The Morgan fingerprint density at radius 3 is 2.24 bits per heavy atom. The van der Waals surface area contributed by atoms with E-state index in [1.54, 1.807) is 24.3 Å². The van der Waals surface area contributed by atoms with Gasteiger partial charge in [-0.15, -0.1) is 0 Å². The molecule has 0 saturated carbocycles. The highest BCUT2D eigenvalue weighted by Gasteiger charge is 2.43. The van der Waals surface area contributed by atoms with Crippen LogP contribution in [0, 0.1) is 5.82 Å². The zero-order chi connectivity index (χ0) is 29.4. The number of carboxylic acid groups (broad SMARTS) is 1. The standard InChI is InChI=1S/C30H31FN4O6/c1-41-24-14-12-23(13-15-24)32-30(40)35-18-17-34(26(36)16-7-20-5-3-2-4-6-20)29(35)28(39)33-25(19-27(37)38)21-8-10-22(31)11-9-21/h2-6,8-15,25,29H,7,16-19H2,1H3,(H,32,40)(H,33,39)(H,37,38). The van der Waals surface area contributed by atoms with Gasteiger partial charge < -0.3 is 25.4 Å². The van der Waals surface area contributed by atoms with Crippen molar-refractivity contribution in [2.24, 2.45) is 0 Å². The SMILES string of the molecule is COc1ccc(NC(=O)N2CCN(C(=O)CCc3ccccc3)C2C(=O)NC(CC(=O)O)c2ccc(F)cc2)cc1. The largest absolute Gasteiger partial charge is 0.497 e. The molecule has 3 aromatic carbocycles. The maximum Gasteiger partial charge on any atom is 0.323 e. The summed E-state index contributed by atoms with van der Waals surface area (Å²) in [7, 11) is 1.52. The quantitative estimate of drug-likeness (QED) is 0.345. The molecule has 2 unspecified atom stereocenters. The van der Waals surface area contributed by atoms with E-state index in [2.05, 4.69) is 10.6 Å². The Morgan fingerprint density at radius 2 is 1.61 bits per heavy atom. The molecule has 1 fully saturated rings. The number of amides is 4. The minimum Gasteiger partial charge on any atom is -0.497 e. The minimum absolute atomic E-state index is 0.0807. The van der Waals surface area contributed by atoms with Crippen LogP contribution in [0.15, 0.2) is 78.9 Å². The van der Waals surface area contributed by atoms with Crippen LogP contribution in [-0.4, -0.2) is 65.1 Å². The van der Waals surface area contributed by atoms with Gasteiger partial charge in [0.15, 0.2) is 6.17 Å². The van der Waals surface area contributed by atoms with Crippen LogP contribution in [0.2, 0.25) is 0 Å². The van der Waals surface area contributed by atoms with Gasteiger partial charge in [0.25, 0.3) is 5.91 Å². The van der Waals surface area contributed by atoms with Crippen molar-refractivity contribution < 1.29 is 33.4 Å². The molecule has 1 aliphatic heterocycles. The summed E-state index contributed by atoms with van der Waals surface area (Å²) < 4.78 is 18.7. The first-order valence-electron chi connectivity index (χ1n) is 13.1. The average molecular weight is 563 g/mol. The van der Waals surface area contributed by atoms with Gasteiger partial charge in [0.1, 0.15) is 11.6 Å². The van der Waals surface area contributed by atoms with Crippen LogP contribution in [-0.2, 0) is 20.8 Å². The Kier molecular flexibility index (Phi) is 9.51. The van der Waals surface area contributed by atoms with Crippen molar-refractivity contribution in [3.63, 3.8) is 0 Å². The van der Waals surface area contributed by atoms with Gasteiger partial charge in [0.2, 0.25) is 5.91 Å². The van der Waals surface area contributed by atoms with Crippen LogP contribution in [0.1, 0.15) is 30.0 Å². The number of carbonyl (C=O) groups is 4. The summed E-state index contributed by atoms with van der Waals surface area (Å²) in [5.74, 6) is -2.15. The second-order valence-electron chi connectivity index (χ2n) is 9.51. The van der Waals surface area contributed by atoms with Crippen molar-refractivity contribution in [2.45, 2.75) is 31.5 Å². The number of rotatable bonds is 10. The Labute approximate surface area is 236 Å². The molecule has 41 heavy (non-hydrogen) atoms. The van der Waals surface area contributed by atoms with Crippen molar-refractivity contribution in [3.8, 4) is 5.75 Å². The van der Waals surface area contributed by atoms with Gasteiger partial charge in [-0.05, 0) is 53.9 Å². The topological polar surface area (TPSA) is 128 Å². The number of nitrogens with zero attached hydrogens (tertiary/aromatic N) is 2. The molecule has 3 N–H and O–H groups in total. The molecular weight excluding hydrogens is 531 g/mol. The van der Waals surface area contributed by atoms with Gasteiger partial charge >= 0.3 is 12.0 Å². The fourth-order valence-corrected chi connectivity index (χ4v) is 4.66. The normalized spacial score (nSPS) is 15.2. The summed E-state index contributed by atoms with van der Waals surface area (Å²) in [6, 6.07) is 19.5. The molecule has 11 heteroatoms. The number of benzene rings is 3. The molecule has 10 nitrogen and oxygen atoms in total. The van der Waals surface area contributed by atoms with E-state index in [0.717, 1.165) is 5.56 Å². The second kappa shape index (κ2) is 13.4. The van der Waals surface area contributed by atoms with E-state index in [1.165, 1.54) is 41.2 Å². The fraction of sp³-hybridized carbons (Fsp3) is 0.267. The summed E-state index contributed by atoms with van der Waals surface area (Å²) >= 11 is 0. The van der Waals surface area contributed by atoms with Crippen LogP contribution in [0.25, 0.3) is 0 Å². The number of carboxylic acids is 1. The molecule has 0 bridgehead atoms. The monoisotopic (exact) mass is 562 g/mol. The zero-order valence-electron chi connectivity index (χ0n) is 22.5. The number of nitrogens with one attached hydrogen (secondary N) is 2. The van der Waals surface area contributed by atoms with E-state index in [4.69, 9.17) is 4.74 Å². The summed E-state index contributed by atoms with van der Waals surface area (Å²) in [6.45, 7) is 0.194. The number of anilines is 1. The minimum atomic E-state index is -1.33. The molecule has 214 valence electrons. The summed E-state index contributed by atoms with van der Waals surface area (Å²) in [5.41, 5.74) is 1.78. The number of aliphatic carboxylic acids is 1. The van der Waals surface area contributed by atoms with Gasteiger partial charge in [0.05, 0.1) is 19.6 Å². The summed E-state index contributed by atoms with van der Waals surface area (Å²) in [4.78, 5) is 54.5. The molecule has 0 radical (unpaired) electrons. The number of hydrogen-bond acceptors (Lipinski definition) is 5. The molecule has 4 rings (SSSR count). The smallest absolute Gasteiger partial charge is 0.323 e. The Balaban J connectivity index is 1.56. The van der Waals surface area contributed by atoms with Crippen molar-refractivity contribution in [2.75, 3.05) is 25.5 Å². The lowest BCUT2D eigenvalue weighted by Gasteiger charge is -2.31. The average Bonchev–Trinajstić information content (AvgIpc) is 3.42. The lowest BCUT2D eigenvalue weighted by atomic mass is 10.0. The number of carbonyl (C=O) groups excluding carboxylic acids is 3. The van der Waals surface area contributed by atoms with E-state index < -0.39 is 42.4 Å². The molecule has 0 aliphatic carbocycles. The third-order valence-corrected chi connectivity index (χ3v) is 6.77. The van der Waals surface area contributed by atoms with Crippen LogP contribution in [0.3, 0.4) is 0 Å². The van der Waals surface area contributed by atoms with Crippen LogP contribution >= 0.6 is 0 Å². The highest BCUT2D eigenvalue weighted by Crippen LogP contribution is 2.23. The molecule has 3 aromatic rings. The zero-order valence-corrected chi connectivity index (χ0v) is 22.5. The Morgan fingerprint density at radius 1 is 0.951 bits per heavy atom. The first-order chi connectivity index (χ1) is 19.7. The van der Waals surface area contributed by atoms with Crippen molar-refractivity contribution >= 4 is 29.5 Å². The van der Waals surface area contributed by atoms with E-state index in [0.29, 0.717) is 23.4 Å². The molecule has 4 amide bonds. The maximum atomic E-state index is 13.7. The lowest BCUT2D eigenvalue weighted by Crippen LogP contribution is -2.55. The van der Waals surface area contributed by atoms with Crippen molar-refractivity contribution in [1.29, 1.82) is 0 Å². The molecule has 2 atom stereocenters. The molecule has 1 saturated heterocycles. The third kappa shape index (κ3) is 7.59. The highest BCUT2D eigenvalue weighted by atomic mass is 19.1. The van der Waals surface area contributed by atoms with E-state index in [1.807, 2.05) is 30.3 Å². The first kappa shape index (κ1) is 29.1. The van der Waals surface area contributed by atoms with Crippen LogP contribution < -0.4 is 15.4 Å². The molecule has 1 heterocycles.